The van der Waals surface area contributed by atoms with Crippen LogP contribution >= 0.6 is 11.6 Å². The first-order chi connectivity index (χ1) is 13.7. The molecule has 1 saturated heterocycles. The van der Waals surface area contributed by atoms with Crippen LogP contribution in [0.5, 0.6) is 0 Å². The third-order valence-corrected chi connectivity index (χ3v) is 5.13. The molecule has 0 spiro atoms. The Balaban J connectivity index is 1.61. The van der Waals surface area contributed by atoms with Gasteiger partial charge in [-0.05, 0) is 23.8 Å². The lowest BCUT2D eigenvalue weighted by molar-refractivity contribution is -0.0817. The number of aliphatic hydroxyl groups excluding tert-OH is 1. The zero-order valence-corrected chi connectivity index (χ0v) is 15.8. The van der Waals surface area contributed by atoms with Crippen molar-refractivity contribution in [1.29, 1.82) is 0 Å². The standard InChI is InChI=1S/C20H20ClN3O4/c21-16-4-2-1-3-15(16)19-18(12-25)27-10-9-24(19)20(26)17-6-5-14(28-17)11-23-8-7-22-13-23/h1-8,13,18-19,25H,9-12H2/t18-,19-/m0/s1. The molecule has 0 saturated carbocycles. The van der Waals surface area contributed by atoms with Gasteiger partial charge in [-0.3, -0.25) is 4.79 Å². The van der Waals surface area contributed by atoms with E-state index in [1.165, 1.54) is 0 Å². The van der Waals surface area contributed by atoms with Gasteiger partial charge in [0, 0.05) is 24.0 Å². The Hall–Kier alpha value is -2.61. The molecule has 8 heteroatoms. The Kier molecular flexibility index (Phi) is 5.47. The molecule has 28 heavy (non-hydrogen) atoms. The van der Waals surface area contributed by atoms with E-state index in [0.717, 1.165) is 5.56 Å². The van der Waals surface area contributed by atoms with E-state index in [0.29, 0.717) is 30.5 Å². The first kappa shape index (κ1) is 18.7. The fourth-order valence-corrected chi connectivity index (χ4v) is 3.72. The van der Waals surface area contributed by atoms with E-state index in [4.69, 9.17) is 20.8 Å². The summed E-state index contributed by atoms with van der Waals surface area (Å²) in [6, 6.07) is 10.2. The minimum Gasteiger partial charge on any atom is -0.454 e. The highest BCUT2D eigenvalue weighted by molar-refractivity contribution is 6.31. The molecule has 3 heterocycles. The fraction of sp³-hybridized carbons (Fsp3) is 0.300. The van der Waals surface area contributed by atoms with Crippen LogP contribution in [0, 0.1) is 0 Å². The number of nitrogens with zero attached hydrogens (tertiary/aromatic N) is 3. The van der Waals surface area contributed by atoms with Crippen LogP contribution in [0.4, 0.5) is 0 Å². The molecule has 146 valence electrons. The molecule has 3 aromatic rings. The summed E-state index contributed by atoms with van der Waals surface area (Å²) in [6.07, 6.45) is 4.64. The van der Waals surface area contributed by atoms with Gasteiger partial charge in [0.15, 0.2) is 5.76 Å². The van der Waals surface area contributed by atoms with Crippen molar-refractivity contribution in [3.8, 4) is 0 Å². The number of furan rings is 1. The predicted molar refractivity (Wildman–Crippen MR) is 102 cm³/mol. The van der Waals surface area contributed by atoms with Gasteiger partial charge in [0.1, 0.15) is 11.9 Å². The maximum Gasteiger partial charge on any atom is 0.290 e. The van der Waals surface area contributed by atoms with Crippen LogP contribution < -0.4 is 0 Å². The van der Waals surface area contributed by atoms with Crippen LogP contribution in [0.25, 0.3) is 0 Å². The Morgan fingerprint density at radius 1 is 1.29 bits per heavy atom. The van der Waals surface area contributed by atoms with Crippen molar-refractivity contribution in [2.45, 2.75) is 18.7 Å². The highest BCUT2D eigenvalue weighted by Crippen LogP contribution is 2.35. The lowest BCUT2D eigenvalue weighted by atomic mass is 9.98. The number of aromatic nitrogens is 2. The van der Waals surface area contributed by atoms with Gasteiger partial charge in [-0.15, -0.1) is 0 Å². The van der Waals surface area contributed by atoms with Crippen LogP contribution in [-0.4, -0.2) is 51.3 Å². The Labute approximate surface area is 167 Å². The Bertz CT molecular complexity index is 941. The second-order valence-electron chi connectivity index (χ2n) is 6.56. The Morgan fingerprint density at radius 2 is 2.14 bits per heavy atom. The third kappa shape index (κ3) is 3.69. The second kappa shape index (κ2) is 8.18. The number of imidazole rings is 1. The number of carbonyl (C=O) groups excluding carboxylic acids is 1. The number of hydrogen-bond acceptors (Lipinski definition) is 5. The van der Waals surface area contributed by atoms with Gasteiger partial charge in [0.05, 0.1) is 32.1 Å². The molecule has 0 unspecified atom stereocenters. The average molecular weight is 402 g/mol. The summed E-state index contributed by atoms with van der Waals surface area (Å²) in [6.45, 7) is 0.983. The number of hydrogen-bond donors (Lipinski definition) is 1. The van der Waals surface area contributed by atoms with Gasteiger partial charge in [-0.2, -0.15) is 0 Å². The van der Waals surface area contributed by atoms with E-state index in [1.54, 1.807) is 35.6 Å². The van der Waals surface area contributed by atoms with E-state index in [2.05, 4.69) is 4.98 Å². The molecule has 4 rings (SSSR count). The Morgan fingerprint density at radius 3 is 2.89 bits per heavy atom. The molecule has 1 amide bonds. The van der Waals surface area contributed by atoms with Crippen molar-refractivity contribution in [3.05, 3.63) is 77.2 Å². The van der Waals surface area contributed by atoms with E-state index in [9.17, 15) is 9.90 Å². The summed E-state index contributed by atoms with van der Waals surface area (Å²) in [5, 5.41) is 10.3. The fourth-order valence-electron chi connectivity index (χ4n) is 3.48. The molecule has 1 fully saturated rings. The summed E-state index contributed by atoms with van der Waals surface area (Å²) < 4.78 is 13.3. The van der Waals surface area contributed by atoms with Crippen molar-refractivity contribution in [1.82, 2.24) is 14.5 Å². The summed E-state index contributed by atoms with van der Waals surface area (Å²) in [5.41, 5.74) is 0.737. The molecule has 2 aromatic heterocycles. The number of rotatable bonds is 5. The molecule has 0 radical (unpaired) electrons. The number of ether oxygens (including phenoxy) is 1. The summed E-state index contributed by atoms with van der Waals surface area (Å²) >= 11 is 6.37. The second-order valence-corrected chi connectivity index (χ2v) is 6.96. The van der Waals surface area contributed by atoms with Gasteiger partial charge in [0.25, 0.3) is 5.91 Å². The lowest BCUT2D eigenvalue weighted by Crippen LogP contribution is -2.49. The quantitative estimate of drug-likeness (QED) is 0.711. The van der Waals surface area contributed by atoms with E-state index in [-0.39, 0.29) is 18.3 Å². The van der Waals surface area contributed by atoms with Crippen LogP contribution in [0.3, 0.4) is 0 Å². The van der Waals surface area contributed by atoms with E-state index in [1.807, 2.05) is 29.0 Å². The molecular weight excluding hydrogens is 382 g/mol. The molecule has 1 aromatic carbocycles. The summed E-state index contributed by atoms with van der Waals surface area (Å²) in [5.74, 6) is 0.636. The van der Waals surface area contributed by atoms with Crippen LogP contribution in [-0.2, 0) is 11.3 Å². The molecule has 1 aliphatic heterocycles. The molecule has 0 bridgehead atoms. The van der Waals surface area contributed by atoms with Crippen molar-refractivity contribution >= 4 is 17.5 Å². The monoisotopic (exact) mass is 401 g/mol. The summed E-state index contributed by atoms with van der Waals surface area (Å²) in [7, 11) is 0. The zero-order valence-electron chi connectivity index (χ0n) is 15.1. The van der Waals surface area contributed by atoms with Crippen LogP contribution in [0.2, 0.25) is 5.02 Å². The molecule has 2 atom stereocenters. The largest absolute Gasteiger partial charge is 0.454 e. The zero-order chi connectivity index (χ0) is 19.5. The van der Waals surface area contributed by atoms with Crippen LogP contribution in [0.15, 0.2) is 59.5 Å². The van der Waals surface area contributed by atoms with Gasteiger partial charge in [0.2, 0.25) is 0 Å². The molecule has 7 nitrogen and oxygen atoms in total. The van der Waals surface area contributed by atoms with E-state index >= 15 is 0 Å². The maximum absolute atomic E-state index is 13.2. The van der Waals surface area contributed by atoms with Crippen molar-refractivity contribution in [2.24, 2.45) is 0 Å². The molecular formula is C20H20ClN3O4. The smallest absolute Gasteiger partial charge is 0.290 e. The minimum absolute atomic E-state index is 0.219. The first-order valence-electron chi connectivity index (χ1n) is 8.99. The number of carbonyl (C=O) groups is 1. The summed E-state index contributed by atoms with van der Waals surface area (Å²) in [4.78, 5) is 18.9. The number of aliphatic hydroxyl groups is 1. The normalized spacial score (nSPS) is 19.7. The topological polar surface area (TPSA) is 80.7 Å². The number of benzene rings is 1. The van der Waals surface area contributed by atoms with Crippen molar-refractivity contribution in [3.63, 3.8) is 0 Å². The number of morpholine rings is 1. The van der Waals surface area contributed by atoms with E-state index < -0.39 is 12.1 Å². The van der Waals surface area contributed by atoms with Crippen molar-refractivity contribution in [2.75, 3.05) is 19.8 Å². The highest BCUT2D eigenvalue weighted by atomic mass is 35.5. The molecule has 1 aliphatic rings. The van der Waals surface area contributed by atoms with Gasteiger partial charge in [-0.1, -0.05) is 29.8 Å². The number of halogens is 1. The molecule has 1 N–H and O–H groups in total. The number of amides is 1. The lowest BCUT2D eigenvalue weighted by Gasteiger charge is -2.40. The van der Waals surface area contributed by atoms with Gasteiger partial charge < -0.3 is 23.7 Å². The predicted octanol–water partition coefficient (Wildman–Crippen LogP) is 2.75. The molecule has 0 aliphatic carbocycles. The third-order valence-electron chi connectivity index (χ3n) is 4.79. The SMILES string of the molecule is O=C(c1ccc(Cn2ccnc2)o1)N1CCO[C@@H](CO)[C@@H]1c1ccccc1Cl. The van der Waals surface area contributed by atoms with Gasteiger partial charge >= 0.3 is 0 Å². The minimum atomic E-state index is -0.557. The average Bonchev–Trinajstić information content (AvgIpc) is 3.40. The van der Waals surface area contributed by atoms with Crippen molar-refractivity contribution < 1.29 is 19.1 Å². The van der Waals surface area contributed by atoms with Gasteiger partial charge in [-0.25, -0.2) is 4.98 Å². The first-order valence-corrected chi connectivity index (χ1v) is 9.37. The maximum atomic E-state index is 13.2. The highest BCUT2D eigenvalue weighted by Gasteiger charge is 2.38. The van der Waals surface area contributed by atoms with Crippen LogP contribution in [0.1, 0.15) is 27.9 Å².